The molecule has 3 N–H and O–H groups in total. The van der Waals surface area contributed by atoms with Crippen LogP contribution in [0.4, 0.5) is 0 Å². The summed E-state index contributed by atoms with van der Waals surface area (Å²) < 4.78 is 0. The van der Waals surface area contributed by atoms with Crippen molar-refractivity contribution < 1.29 is 19.8 Å². The highest BCUT2D eigenvalue weighted by molar-refractivity contribution is 5.84. The SMILES string of the molecule is CC(C(=O)O)C(C)C(=O)NCC1(CO)CC1. The first-order valence-electron chi connectivity index (χ1n) is 5.53. The first-order valence-corrected chi connectivity index (χ1v) is 5.53. The standard InChI is InChI=1S/C11H19NO4/c1-7(8(2)10(15)16)9(14)12-5-11(6-13)3-4-11/h7-8,13H,3-6H2,1-2H3,(H,12,14)(H,15,16). The summed E-state index contributed by atoms with van der Waals surface area (Å²) in [6, 6.07) is 0. The van der Waals surface area contributed by atoms with Crippen molar-refractivity contribution in [3.8, 4) is 0 Å². The van der Waals surface area contributed by atoms with Gasteiger partial charge in [-0.15, -0.1) is 0 Å². The lowest BCUT2D eigenvalue weighted by atomic mass is 9.95. The van der Waals surface area contributed by atoms with E-state index in [9.17, 15) is 9.59 Å². The number of carboxylic acid groups (broad SMARTS) is 1. The monoisotopic (exact) mass is 229 g/mol. The maximum Gasteiger partial charge on any atom is 0.307 e. The van der Waals surface area contributed by atoms with Crippen molar-refractivity contribution in [2.24, 2.45) is 17.3 Å². The van der Waals surface area contributed by atoms with Gasteiger partial charge in [0.15, 0.2) is 0 Å². The molecule has 16 heavy (non-hydrogen) atoms. The Balaban J connectivity index is 2.37. The molecule has 2 atom stereocenters. The van der Waals surface area contributed by atoms with Crippen LogP contribution in [0.15, 0.2) is 0 Å². The van der Waals surface area contributed by atoms with E-state index in [1.807, 2.05) is 0 Å². The highest BCUT2D eigenvalue weighted by Crippen LogP contribution is 2.44. The van der Waals surface area contributed by atoms with Crippen LogP contribution in [0.25, 0.3) is 0 Å². The number of aliphatic hydroxyl groups excluding tert-OH is 1. The van der Waals surface area contributed by atoms with Gasteiger partial charge in [-0.3, -0.25) is 9.59 Å². The van der Waals surface area contributed by atoms with Gasteiger partial charge in [0.2, 0.25) is 5.91 Å². The summed E-state index contributed by atoms with van der Waals surface area (Å²) in [7, 11) is 0. The molecule has 5 heteroatoms. The molecule has 92 valence electrons. The van der Waals surface area contributed by atoms with Gasteiger partial charge in [0, 0.05) is 17.9 Å². The second-order valence-electron chi connectivity index (χ2n) is 4.79. The van der Waals surface area contributed by atoms with E-state index < -0.39 is 17.8 Å². The maximum absolute atomic E-state index is 11.6. The summed E-state index contributed by atoms with van der Waals surface area (Å²) in [4.78, 5) is 22.3. The lowest BCUT2D eigenvalue weighted by molar-refractivity contribution is -0.146. The summed E-state index contributed by atoms with van der Waals surface area (Å²) >= 11 is 0. The van der Waals surface area contributed by atoms with Crippen LogP contribution in [0.3, 0.4) is 0 Å². The Morgan fingerprint density at radius 3 is 2.25 bits per heavy atom. The van der Waals surface area contributed by atoms with Crippen LogP contribution in [0.1, 0.15) is 26.7 Å². The number of hydrogen-bond acceptors (Lipinski definition) is 3. The molecule has 0 aromatic heterocycles. The third-order valence-electron chi connectivity index (χ3n) is 3.48. The number of hydrogen-bond donors (Lipinski definition) is 3. The fraction of sp³-hybridized carbons (Fsp3) is 0.818. The molecule has 2 unspecified atom stereocenters. The highest BCUT2D eigenvalue weighted by atomic mass is 16.4. The molecule has 0 aliphatic heterocycles. The zero-order valence-corrected chi connectivity index (χ0v) is 9.69. The molecule has 0 aromatic carbocycles. The summed E-state index contributed by atoms with van der Waals surface area (Å²) in [6.45, 7) is 3.65. The van der Waals surface area contributed by atoms with E-state index in [-0.39, 0.29) is 17.9 Å². The van der Waals surface area contributed by atoms with Gasteiger partial charge in [0.1, 0.15) is 0 Å². The molecular formula is C11H19NO4. The zero-order chi connectivity index (χ0) is 12.3. The minimum absolute atomic E-state index is 0.0795. The van der Waals surface area contributed by atoms with Crippen molar-refractivity contribution in [1.29, 1.82) is 0 Å². The molecule has 0 spiro atoms. The van der Waals surface area contributed by atoms with Gasteiger partial charge in [-0.05, 0) is 12.8 Å². The second-order valence-corrected chi connectivity index (χ2v) is 4.79. The predicted octanol–water partition coefficient (Wildman–Crippen LogP) is 0.232. The van der Waals surface area contributed by atoms with Gasteiger partial charge in [-0.25, -0.2) is 0 Å². The molecule has 5 nitrogen and oxygen atoms in total. The van der Waals surface area contributed by atoms with Crippen molar-refractivity contribution >= 4 is 11.9 Å². The van der Waals surface area contributed by atoms with Gasteiger partial charge in [-0.1, -0.05) is 13.8 Å². The van der Waals surface area contributed by atoms with Crippen LogP contribution < -0.4 is 5.32 Å². The number of carbonyl (C=O) groups excluding carboxylic acids is 1. The lowest BCUT2D eigenvalue weighted by Gasteiger charge is -2.18. The van der Waals surface area contributed by atoms with E-state index in [0.29, 0.717) is 6.54 Å². The third-order valence-corrected chi connectivity index (χ3v) is 3.48. The van der Waals surface area contributed by atoms with E-state index >= 15 is 0 Å². The number of carboxylic acids is 1. The summed E-state index contributed by atoms with van der Waals surface area (Å²) in [6.07, 6.45) is 1.85. The van der Waals surface area contributed by atoms with E-state index in [1.54, 1.807) is 6.92 Å². The molecule has 0 aromatic rings. The van der Waals surface area contributed by atoms with Crippen LogP contribution in [0, 0.1) is 17.3 Å². The van der Waals surface area contributed by atoms with Crippen LogP contribution in [0.2, 0.25) is 0 Å². The zero-order valence-electron chi connectivity index (χ0n) is 9.69. The molecule has 1 saturated carbocycles. The highest BCUT2D eigenvalue weighted by Gasteiger charge is 2.42. The number of amides is 1. The third kappa shape index (κ3) is 2.95. The van der Waals surface area contributed by atoms with Crippen molar-refractivity contribution in [2.45, 2.75) is 26.7 Å². The molecule has 0 radical (unpaired) electrons. The topological polar surface area (TPSA) is 86.6 Å². The van der Waals surface area contributed by atoms with Crippen LogP contribution in [-0.4, -0.2) is 35.2 Å². The number of rotatable bonds is 6. The molecule has 1 fully saturated rings. The first-order chi connectivity index (χ1) is 7.42. The number of carbonyl (C=O) groups is 2. The number of aliphatic carboxylic acids is 1. The molecule has 0 bridgehead atoms. The van der Waals surface area contributed by atoms with Crippen molar-refractivity contribution in [3.63, 3.8) is 0 Å². The van der Waals surface area contributed by atoms with E-state index in [0.717, 1.165) is 12.8 Å². The molecule has 1 aliphatic carbocycles. The Kier molecular flexibility index (Phi) is 3.91. The first kappa shape index (κ1) is 13.0. The van der Waals surface area contributed by atoms with Crippen molar-refractivity contribution in [3.05, 3.63) is 0 Å². The Morgan fingerprint density at radius 1 is 1.31 bits per heavy atom. The number of nitrogens with one attached hydrogen (secondary N) is 1. The normalized spacial score (nSPS) is 20.9. The van der Waals surface area contributed by atoms with Gasteiger partial charge < -0.3 is 15.5 Å². The van der Waals surface area contributed by atoms with Gasteiger partial charge in [-0.2, -0.15) is 0 Å². The smallest absolute Gasteiger partial charge is 0.307 e. The quantitative estimate of drug-likeness (QED) is 0.608. The summed E-state index contributed by atoms with van der Waals surface area (Å²) in [5, 5.41) is 20.5. The molecule has 1 rings (SSSR count). The Hall–Kier alpha value is -1.10. The fourth-order valence-corrected chi connectivity index (χ4v) is 1.44. The second kappa shape index (κ2) is 4.82. The predicted molar refractivity (Wildman–Crippen MR) is 57.7 cm³/mol. The minimum Gasteiger partial charge on any atom is -0.481 e. The Bertz CT molecular complexity index is 286. The molecule has 0 heterocycles. The van der Waals surface area contributed by atoms with Crippen LogP contribution in [-0.2, 0) is 9.59 Å². The van der Waals surface area contributed by atoms with Gasteiger partial charge in [0.25, 0.3) is 0 Å². The average molecular weight is 229 g/mol. The Morgan fingerprint density at radius 2 is 1.88 bits per heavy atom. The van der Waals surface area contributed by atoms with E-state index in [2.05, 4.69) is 5.32 Å². The van der Waals surface area contributed by atoms with E-state index in [4.69, 9.17) is 10.2 Å². The minimum atomic E-state index is -0.967. The van der Waals surface area contributed by atoms with E-state index in [1.165, 1.54) is 6.92 Å². The molecular weight excluding hydrogens is 210 g/mol. The number of aliphatic hydroxyl groups is 1. The molecule has 0 saturated heterocycles. The summed E-state index contributed by atoms with van der Waals surface area (Å²) in [5.41, 5.74) is -0.137. The van der Waals surface area contributed by atoms with Crippen molar-refractivity contribution in [1.82, 2.24) is 5.32 Å². The molecule has 1 aliphatic rings. The lowest BCUT2D eigenvalue weighted by Crippen LogP contribution is -2.38. The van der Waals surface area contributed by atoms with Gasteiger partial charge in [0.05, 0.1) is 12.5 Å². The average Bonchev–Trinajstić information content (AvgIpc) is 3.04. The van der Waals surface area contributed by atoms with Crippen LogP contribution >= 0.6 is 0 Å². The maximum atomic E-state index is 11.6. The van der Waals surface area contributed by atoms with Crippen LogP contribution in [0.5, 0.6) is 0 Å². The largest absolute Gasteiger partial charge is 0.481 e. The Labute approximate surface area is 94.8 Å². The summed E-state index contributed by atoms with van der Waals surface area (Å²) in [5.74, 6) is -2.46. The fourth-order valence-electron chi connectivity index (χ4n) is 1.44. The molecule has 1 amide bonds. The van der Waals surface area contributed by atoms with Crippen molar-refractivity contribution in [2.75, 3.05) is 13.2 Å². The van der Waals surface area contributed by atoms with Gasteiger partial charge >= 0.3 is 5.97 Å².